The largest absolute Gasteiger partial charge is 0.433 e. The van der Waals surface area contributed by atoms with Crippen LogP contribution in [-0.4, -0.2) is 19.7 Å². The van der Waals surface area contributed by atoms with Crippen LogP contribution in [0.3, 0.4) is 0 Å². The van der Waals surface area contributed by atoms with Crippen LogP contribution in [0.15, 0.2) is 59.4 Å². The van der Waals surface area contributed by atoms with Gasteiger partial charge in [0.1, 0.15) is 28.6 Å². The number of hydrogen-bond donors (Lipinski definition) is 0. The van der Waals surface area contributed by atoms with Gasteiger partial charge in [-0.2, -0.15) is 13.2 Å². The molecule has 3 heterocycles. The van der Waals surface area contributed by atoms with E-state index in [1.807, 2.05) is 0 Å². The Bertz CT molecular complexity index is 1160. The quantitative estimate of drug-likeness (QED) is 0.324. The fourth-order valence-corrected chi connectivity index (χ4v) is 3.01. The van der Waals surface area contributed by atoms with Gasteiger partial charge in [-0.1, -0.05) is 35.0 Å². The number of aromatic nitrogens is 4. The second kappa shape index (κ2) is 7.32. The second-order valence-corrected chi connectivity index (χ2v) is 6.50. The molecule has 0 unspecified atom stereocenters. The molecule has 1 aromatic carbocycles. The summed E-state index contributed by atoms with van der Waals surface area (Å²) in [7, 11) is 0. The Labute approximate surface area is 166 Å². The molecule has 0 atom stereocenters. The zero-order valence-corrected chi connectivity index (χ0v) is 15.2. The molecule has 0 bridgehead atoms. The minimum Gasteiger partial charge on any atom is -0.364 e. The Morgan fingerprint density at radius 3 is 2.55 bits per heavy atom. The van der Waals surface area contributed by atoms with Crippen LogP contribution in [0, 0.1) is 5.82 Å². The highest BCUT2D eigenvalue weighted by Gasteiger charge is 2.34. The Balaban J connectivity index is 1.82. The first-order valence-corrected chi connectivity index (χ1v) is 8.65. The van der Waals surface area contributed by atoms with E-state index in [2.05, 4.69) is 15.1 Å². The lowest BCUT2D eigenvalue weighted by Gasteiger charge is -2.08. The Morgan fingerprint density at radius 2 is 1.86 bits per heavy atom. The number of alkyl halides is 3. The number of halogens is 5. The maximum atomic E-state index is 14.1. The normalized spacial score (nSPS) is 11.8. The molecule has 0 saturated carbocycles. The van der Waals surface area contributed by atoms with Crippen LogP contribution in [0.4, 0.5) is 17.6 Å². The van der Waals surface area contributed by atoms with Gasteiger partial charge in [-0.15, -0.1) is 0 Å². The molecule has 4 rings (SSSR count). The van der Waals surface area contributed by atoms with Crippen LogP contribution in [0.1, 0.15) is 11.3 Å². The van der Waals surface area contributed by atoms with E-state index in [1.54, 1.807) is 34.9 Å². The molecule has 0 amide bonds. The zero-order valence-electron chi connectivity index (χ0n) is 14.5. The van der Waals surface area contributed by atoms with Gasteiger partial charge in [0.05, 0.1) is 12.2 Å². The van der Waals surface area contributed by atoms with Gasteiger partial charge in [0.25, 0.3) is 0 Å². The van der Waals surface area contributed by atoms with Crippen molar-refractivity contribution in [2.24, 2.45) is 0 Å². The van der Waals surface area contributed by atoms with Gasteiger partial charge >= 0.3 is 6.18 Å². The summed E-state index contributed by atoms with van der Waals surface area (Å²) < 4.78 is 59.8. The standard InChI is InChI=1S/C19H11ClF4N4O/c20-17-8-16(19(22,23)24)25-18(26-17)12-7-15(14-5-6-29-27-14)28(10-12)9-11-3-1-2-4-13(11)21/h1-8,10H,9H2. The van der Waals surface area contributed by atoms with E-state index in [0.717, 1.165) is 0 Å². The van der Waals surface area contributed by atoms with Crippen LogP contribution >= 0.6 is 11.6 Å². The van der Waals surface area contributed by atoms with Crippen molar-refractivity contribution in [3.05, 3.63) is 77.2 Å². The van der Waals surface area contributed by atoms with Crippen molar-refractivity contribution < 1.29 is 22.1 Å². The maximum Gasteiger partial charge on any atom is 0.433 e. The SMILES string of the molecule is Fc1ccccc1Cn1cc(-c2nc(Cl)cc(C(F)(F)F)n2)cc1-c1ccon1. The fourth-order valence-electron chi connectivity index (χ4n) is 2.83. The van der Waals surface area contributed by atoms with Gasteiger partial charge in [-0.25, -0.2) is 14.4 Å². The highest BCUT2D eigenvalue weighted by Crippen LogP contribution is 2.32. The molecule has 0 N–H and O–H groups in total. The summed E-state index contributed by atoms with van der Waals surface area (Å²) in [6, 6.07) is 9.97. The summed E-state index contributed by atoms with van der Waals surface area (Å²) in [5.41, 5.74) is 0.423. The van der Waals surface area contributed by atoms with E-state index >= 15 is 0 Å². The number of nitrogens with zero attached hydrogens (tertiary/aromatic N) is 4. The molecule has 148 valence electrons. The van der Waals surface area contributed by atoms with Crippen LogP contribution < -0.4 is 0 Å². The molecular formula is C19H11ClF4N4O. The van der Waals surface area contributed by atoms with Crippen molar-refractivity contribution in [1.29, 1.82) is 0 Å². The van der Waals surface area contributed by atoms with Crippen LogP contribution in [0.25, 0.3) is 22.8 Å². The van der Waals surface area contributed by atoms with Gasteiger partial charge in [0, 0.05) is 29.5 Å². The molecule has 0 aliphatic heterocycles. The molecular weight excluding hydrogens is 412 g/mol. The van der Waals surface area contributed by atoms with Crippen molar-refractivity contribution in [1.82, 2.24) is 19.7 Å². The van der Waals surface area contributed by atoms with Crippen LogP contribution in [0.5, 0.6) is 0 Å². The second-order valence-electron chi connectivity index (χ2n) is 6.12. The Hall–Kier alpha value is -3.20. The van der Waals surface area contributed by atoms with Crippen LogP contribution in [0.2, 0.25) is 5.15 Å². The number of benzene rings is 1. The molecule has 0 aliphatic rings. The van der Waals surface area contributed by atoms with E-state index in [9.17, 15) is 17.6 Å². The van der Waals surface area contributed by atoms with Crippen LogP contribution in [-0.2, 0) is 12.7 Å². The molecule has 4 aromatic rings. The third-order valence-corrected chi connectivity index (χ3v) is 4.33. The van der Waals surface area contributed by atoms with Crippen molar-refractivity contribution in [3.8, 4) is 22.8 Å². The summed E-state index contributed by atoms with van der Waals surface area (Å²) in [4.78, 5) is 7.48. The van der Waals surface area contributed by atoms with Crippen molar-refractivity contribution in [3.63, 3.8) is 0 Å². The molecule has 10 heteroatoms. The predicted molar refractivity (Wildman–Crippen MR) is 96.5 cm³/mol. The minimum absolute atomic E-state index is 0.113. The fraction of sp³-hybridized carbons (Fsp3) is 0.105. The first kappa shape index (κ1) is 19.1. The average Bonchev–Trinajstić information content (AvgIpc) is 3.32. The van der Waals surface area contributed by atoms with E-state index in [4.69, 9.17) is 16.1 Å². The summed E-state index contributed by atoms with van der Waals surface area (Å²) in [5.74, 6) is -0.617. The van der Waals surface area contributed by atoms with Gasteiger partial charge in [0.15, 0.2) is 5.82 Å². The molecule has 0 spiro atoms. The molecule has 5 nitrogen and oxygen atoms in total. The smallest absolute Gasteiger partial charge is 0.364 e. The lowest BCUT2D eigenvalue weighted by molar-refractivity contribution is -0.141. The monoisotopic (exact) mass is 422 g/mol. The molecule has 0 radical (unpaired) electrons. The molecule has 0 aliphatic carbocycles. The zero-order chi connectivity index (χ0) is 20.6. The lowest BCUT2D eigenvalue weighted by atomic mass is 10.2. The van der Waals surface area contributed by atoms with Gasteiger partial charge in [-0.05, 0) is 12.1 Å². The summed E-state index contributed by atoms with van der Waals surface area (Å²) in [6.45, 7) is 0.113. The molecule has 3 aromatic heterocycles. The number of hydrogen-bond acceptors (Lipinski definition) is 4. The van der Waals surface area contributed by atoms with E-state index < -0.39 is 17.7 Å². The van der Waals surface area contributed by atoms with Gasteiger partial charge < -0.3 is 9.09 Å². The van der Waals surface area contributed by atoms with Crippen molar-refractivity contribution >= 4 is 11.6 Å². The van der Waals surface area contributed by atoms with E-state index in [0.29, 0.717) is 23.0 Å². The predicted octanol–water partition coefficient (Wildman–Crippen LogP) is 5.46. The van der Waals surface area contributed by atoms with Crippen molar-refractivity contribution in [2.45, 2.75) is 12.7 Å². The highest BCUT2D eigenvalue weighted by atomic mass is 35.5. The first-order chi connectivity index (χ1) is 13.8. The first-order valence-electron chi connectivity index (χ1n) is 8.28. The average molecular weight is 423 g/mol. The third kappa shape index (κ3) is 4.00. The van der Waals surface area contributed by atoms with Crippen molar-refractivity contribution in [2.75, 3.05) is 0 Å². The third-order valence-electron chi connectivity index (χ3n) is 4.14. The molecule has 0 saturated heterocycles. The summed E-state index contributed by atoms with van der Waals surface area (Å²) in [6.07, 6.45) is -1.80. The lowest BCUT2D eigenvalue weighted by Crippen LogP contribution is -2.09. The highest BCUT2D eigenvalue weighted by molar-refractivity contribution is 6.29. The van der Waals surface area contributed by atoms with E-state index in [-0.39, 0.29) is 23.1 Å². The Morgan fingerprint density at radius 1 is 1.07 bits per heavy atom. The van der Waals surface area contributed by atoms with Gasteiger partial charge in [0.2, 0.25) is 0 Å². The topological polar surface area (TPSA) is 56.7 Å². The minimum atomic E-state index is -4.67. The number of rotatable bonds is 4. The Kier molecular flexibility index (Phi) is 4.83. The van der Waals surface area contributed by atoms with Gasteiger partial charge in [-0.3, -0.25) is 0 Å². The summed E-state index contributed by atoms with van der Waals surface area (Å²) >= 11 is 5.77. The molecule has 0 fully saturated rings. The molecule has 29 heavy (non-hydrogen) atoms. The van der Waals surface area contributed by atoms with E-state index in [1.165, 1.54) is 18.5 Å². The summed E-state index contributed by atoms with van der Waals surface area (Å²) in [5, 5.41) is 3.52. The maximum absolute atomic E-state index is 14.1.